The summed E-state index contributed by atoms with van der Waals surface area (Å²) in [7, 11) is -5.90. The lowest BCUT2D eigenvalue weighted by Gasteiger charge is -2.23. The van der Waals surface area contributed by atoms with Crippen LogP contribution >= 0.6 is 0 Å². The van der Waals surface area contributed by atoms with E-state index >= 15 is 0 Å². The van der Waals surface area contributed by atoms with Crippen molar-refractivity contribution in [2.45, 2.75) is 11.3 Å². The molecule has 140 valence electrons. The van der Waals surface area contributed by atoms with E-state index in [2.05, 4.69) is 4.72 Å². The van der Waals surface area contributed by atoms with Crippen LogP contribution in [0.1, 0.15) is 6.42 Å². The van der Waals surface area contributed by atoms with Gasteiger partial charge in [0.25, 0.3) is 5.69 Å². The minimum Gasteiger partial charge on any atom is -0.365 e. The summed E-state index contributed by atoms with van der Waals surface area (Å²) in [6, 6.07) is 3.70. The van der Waals surface area contributed by atoms with Gasteiger partial charge in [-0.15, -0.1) is 0 Å². The van der Waals surface area contributed by atoms with Gasteiger partial charge in [-0.2, -0.15) is 0 Å². The molecule has 2 rings (SSSR count). The maximum Gasteiger partial charge on any atom is 0.293 e. The predicted octanol–water partition coefficient (Wildman–Crippen LogP) is -0.0254. The average Bonchev–Trinajstić information content (AvgIpc) is 2.80. The van der Waals surface area contributed by atoms with Crippen LogP contribution in [0.25, 0.3) is 0 Å². The van der Waals surface area contributed by atoms with Crippen LogP contribution in [0, 0.1) is 10.1 Å². The van der Waals surface area contributed by atoms with E-state index in [9.17, 15) is 26.9 Å². The lowest BCUT2D eigenvalue weighted by Crippen LogP contribution is -2.34. The summed E-state index contributed by atoms with van der Waals surface area (Å²) in [4.78, 5) is 12.3. The van der Waals surface area contributed by atoms with Gasteiger partial charge in [0.1, 0.15) is 5.69 Å². The van der Waals surface area contributed by atoms with Crippen LogP contribution in [0.4, 0.5) is 11.4 Å². The molecule has 1 aliphatic rings. The van der Waals surface area contributed by atoms with E-state index in [0.29, 0.717) is 19.5 Å². The Morgan fingerprint density at radius 1 is 1.12 bits per heavy atom. The molecule has 10 nitrogen and oxygen atoms in total. The van der Waals surface area contributed by atoms with Crippen LogP contribution in [0.15, 0.2) is 23.1 Å². The minimum absolute atomic E-state index is 0.196. The van der Waals surface area contributed by atoms with Gasteiger partial charge >= 0.3 is 0 Å². The molecule has 1 heterocycles. The van der Waals surface area contributed by atoms with Crippen molar-refractivity contribution in [2.24, 2.45) is 0 Å². The number of nitro benzene ring substituents is 1. The van der Waals surface area contributed by atoms with Crippen LogP contribution in [-0.4, -0.2) is 65.5 Å². The molecule has 1 aliphatic heterocycles. The topological polar surface area (TPSA) is 130 Å². The number of nitro groups is 1. The zero-order valence-corrected chi connectivity index (χ0v) is 15.5. The molecule has 0 atom stereocenters. The summed E-state index contributed by atoms with van der Waals surface area (Å²) in [5.74, 6) is 0. The third kappa shape index (κ3) is 4.45. The number of nitrogens with zero attached hydrogens (tertiary/aromatic N) is 3. The quantitative estimate of drug-likeness (QED) is 0.550. The molecule has 25 heavy (non-hydrogen) atoms. The molecule has 0 unspecified atom stereocenters. The van der Waals surface area contributed by atoms with E-state index in [1.165, 1.54) is 23.5 Å². The van der Waals surface area contributed by atoms with Crippen molar-refractivity contribution in [3.63, 3.8) is 0 Å². The van der Waals surface area contributed by atoms with Crippen molar-refractivity contribution in [2.75, 3.05) is 44.4 Å². The molecule has 12 heteroatoms. The molecule has 1 saturated heterocycles. The highest BCUT2D eigenvalue weighted by Gasteiger charge is 2.27. The zero-order valence-electron chi connectivity index (χ0n) is 13.9. The maximum atomic E-state index is 11.9. The van der Waals surface area contributed by atoms with E-state index in [-0.39, 0.29) is 29.4 Å². The first kappa shape index (κ1) is 19.6. The van der Waals surface area contributed by atoms with Gasteiger partial charge in [-0.05, 0) is 25.6 Å². The van der Waals surface area contributed by atoms with Crippen molar-refractivity contribution >= 4 is 31.4 Å². The minimum atomic E-state index is -3.80. The van der Waals surface area contributed by atoms with Crippen molar-refractivity contribution in [1.82, 2.24) is 9.03 Å². The molecule has 0 spiro atoms. The van der Waals surface area contributed by atoms with E-state index in [4.69, 9.17) is 0 Å². The van der Waals surface area contributed by atoms with Gasteiger partial charge in [-0.25, -0.2) is 25.9 Å². The number of rotatable bonds is 5. The molecule has 0 aromatic heterocycles. The number of sulfonamides is 2. The third-order valence-electron chi connectivity index (χ3n) is 3.99. The lowest BCUT2D eigenvalue weighted by atomic mass is 10.2. The second-order valence-electron chi connectivity index (χ2n) is 5.62. The first-order valence-electron chi connectivity index (χ1n) is 7.48. The second-order valence-corrected chi connectivity index (χ2v) is 9.49. The Morgan fingerprint density at radius 3 is 2.36 bits per heavy atom. The summed E-state index contributed by atoms with van der Waals surface area (Å²) >= 11 is 0. The van der Waals surface area contributed by atoms with Gasteiger partial charge < -0.3 is 4.90 Å². The molecular formula is C13H20N4O6S2. The van der Waals surface area contributed by atoms with Crippen molar-refractivity contribution in [3.8, 4) is 0 Å². The van der Waals surface area contributed by atoms with Gasteiger partial charge in [0, 0.05) is 32.2 Å². The fourth-order valence-corrected chi connectivity index (χ4v) is 4.29. The lowest BCUT2D eigenvalue weighted by molar-refractivity contribution is -0.384. The van der Waals surface area contributed by atoms with E-state index in [1.54, 1.807) is 4.90 Å². The molecular weight excluding hydrogens is 372 g/mol. The Balaban J connectivity index is 2.37. The third-order valence-corrected chi connectivity index (χ3v) is 6.70. The Morgan fingerprint density at radius 2 is 1.80 bits per heavy atom. The Hall–Kier alpha value is -1.76. The number of anilines is 1. The highest BCUT2D eigenvalue weighted by Crippen LogP contribution is 2.31. The van der Waals surface area contributed by atoms with Crippen molar-refractivity contribution in [3.05, 3.63) is 28.3 Å². The van der Waals surface area contributed by atoms with Gasteiger partial charge in [0.15, 0.2) is 0 Å². The Labute approximate surface area is 146 Å². The van der Waals surface area contributed by atoms with Crippen LogP contribution in [0.5, 0.6) is 0 Å². The van der Waals surface area contributed by atoms with Gasteiger partial charge in [-0.3, -0.25) is 10.1 Å². The second kappa shape index (κ2) is 7.23. The smallest absolute Gasteiger partial charge is 0.293 e. The molecule has 0 bridgehead atoms. The monoisotopic (exact) mass is 392 g/mol. The van der Waals surface area contributed by atoms with Crippen LogP contribution in [0.2, 0.25) is 0 Å². The molecule has 1 N–H and O–H groups in total. The van der Waals surface area contributed by atoms with E-state index < -0.39 is 25.0 Å². The summed E-state index contributed by atoms with van der Waals surface area (Å²) in [5, 5.41) is 11.4. The maximum absolute atomic E-state index is 11.9. The fourth-order valence-electron chi connectivity index (χ4n) is 2.67. The molecule has 0 saturated carbocycles. The number of nitrogens with one attached hydrogen (secondary N) is 1. The largest absolute Gasteiger partial charge is 0.365 e. The average molecular weight is 392 g/mol. The zero-order chi connectivity index (χ0) is 18.8. The molecule has 1 aromatic rings. The standard InChI is InChI=1S/C13H20N4O6S2/c1-14-25(22,23)11-4-5-12(13(10-11)17(18)19)15-6-3-7-16(9-8-15)24(2,20)21/h4-5,10,14H,3,6-9H2,1-2H3. The number of hydrogen-bond donors (Lipinski definition) is 1. The van der Waals surface area contributed by atoms with E-state index in [1.807, 2.05) is 0 Å². The predicted molar refractivity (Wildman–Crippen MR) is 92.6 cm³/mol. The van der Waals surface area contributed by atoms with Crippen LogP contribution in [-0.2, 0) is 20.0 Å². The van der Waals surface area contributed by atoms with Gasteiger partial charge in [0.05, 0.1) is 16.1 Å². The van der Waals surface area contributed by atoms with Crippen LogP contribution < -0.4 is 9.62 Å². The first-order valence-corrected chi connectivity index (χ1v) is 10.8. The van der Waals surface area contributed by atoms with Gasteiger partial charge in [0.2, 0.25) is 20.0 Å². The van der Waals surface area contributed by atoms with Crippen molar-refractivity contribution in [1.29, 1.82) is 0 Å². The summed E-state index contributed by atoms with van der Waals surface area (Å²) in [6.45, 7) is 1.28. The number of hydrogen-bond acceptors (Lipinski definition) is 7. The Kier molecular flexibility index (Phi) is 5.66. The summed E-state index contributed by atoms with van der Waals surface area (Å²) in [6.07, 6.45) is 1.64. The molecule has 0 aliphatic carbocycles. The molecule has 0 radical (unpaired) electrons. The fraction of sp³-hybridized carbons (Fsp3) is 0.538. The van der Waals surface area contributed by atoms with Crippen molar-refractivity contribution < 1.29 is 21.8 Å². The molecule has 1 fully saturated rings. The number of benzene rings is 1. The highest BCUT2D eigenvalue weighted by molar-refractivity contribution is 7.89. The first-order chi connectivity index (χ1) is 11.6. The van der Waals surface area contributed by atoms with Crippen LogP contribution in [0.3, 0.4) is 0 Å². The molecule has 1 aromatic carbocycles. The van der Waals surface area contributed by atoms with Gasteiger partial charge in [-0.1, -0.05) is 0 Å². The Bertz CT molecular complexity index is 869. The van der Waals surface area contributed by atoms with E-state index in [0.717, 1.165) is 12.3 Å². The summed E-state index contributed by atoms with van der Waals surface area (Å²) in [5.41, 5.74) is -0.0560. The SMILES string of the molecule is CNS(=O)(=O)c1ccc(N2CCCN(S(C)(=O)=O)CC2)c([N+](=O)[O-])c1. The summed E-state index contributed by atoms with van der Waals surface area (Å²) < 4.78 is 50.5. The normalized spacial score (nSPS) is 17.3. The molecule has 0 amide bonds. The highest BCUT2D eigenvalue weighted by atomic mass is 32.2.